The van der Waals surface area contributed by atoms with Crippen molar-refractivity contribution < 1.29 is 17.9 Å². The minimum atomic E-state index is -3.44. The Kier molecular flexibility index (Phi) is 4.66. The topological polar surface area (TPSA) is 98.5 Å². The number of carbonyl (C=O) groups is 1. The molecule has 1 aliphatic rings. The lowest BCUT2D eigenvalue weighted by Gasteiger charge is -2.12. The summed E-state index contributed by atoms with van der Waals surface area (Å²) in [4.78, 5) is 12.5. The van der Waals surface area contributed by atoms with Crippen LogP contribution in [0.5, 0.6) is 0 Å². The Bertz CT molecular complexity index is 607. The van der Waals surface area contributed by atoms with E-state index >= 15 is 0 Å². The molecule has 0 spiro atoms. The molecule has 0 saturated carbocycles. The second-order valence-electron chi connectivity index (χ2n) is 4.65. The number of carbonyl (C=O) groups excluding carboxylic acids is 1. The number of anilines is 1. The lowest BCUT2D eigenvalue weighted by molar-refractivity contribution is 0.0991. The van der Waals surface area contributed by atoms with E-state index in [0.29, 0.717) is 36.6 Å². The molecule has 112 valence electrons. The summed E-state index contributed by atoms with van der Waals surface area (Å²) in [6.07, 6.45) is 1.95. The van der Waals surface area contributed by atoms with Gasteiger partial charge >= 0.3 is 0 Å². The van der Waals surface area contributed by atoms with Crippen LogP contribution in [0.1, 0.15) is 40.6 Å². The van der Waals surface area contributed by atoms with Crippen molar-refractivity contribution in [2.75, 3.05) is 17.1 Å². The number of hydrogen-bond donors (Lipinski definition) is 2. The number of rotatable bonds is 6. The molecular weight excluding hydrogens is 300 g/mol. The van der Waals surface area contributed by atoms with Crippen molar-refractivity contribution in [3.05, 3.63) is 16.0 Å². The Morgan fingerprint density at radius 3 is 2.90 bits per heavy atom. The van der Waals surface area contributed by atoms with Crippen LogP contribution in [0, 0.1) is 0 Å². The van der Waals surface area contributed by atoms with Crippen LogP contribution in [0.4, 0.5) is 5.00 Å². The SMILES string of the molecule is CCCCS(=O)(=O)Nc1sc2c(c1C(N)=O)CCOC2. The van der Waals surface area contributed by atoms with Gasteiger partial charge in [0.1, 0.15) is 5.00 Å². The first kappa shape index (κ1) is 15.3. The van der Waals surface area contributed by atoms with Crippen LogP contribution >= 0.6 is 11.3 Å². The molecule has 0 fully saturated rings. The summed E-state index contributed by atoms with van der Waals surface area (Å²) in [6, 6.07) is 0. The molecule has 2 heterocycles. The van der Waals surface area contributed by atoms with E-state index in [0.717, 1.165) is 16.9 Å². The number of nitrogens with two attached hydrogens (primary N) is 1. The van der Waals surface area contributed by atoms with Gasteiger partial charge in [0.2, 0.25) is 10.0 Å². The number of fused-ring (bicyclic) bond motifs is 1. The summed E-state index contributed by atoms with van der Waals surface area (Å²) in [5.74, 6) is -0.557. The van der Waals surface area contributed by atoms with Gasteiger partial charge in [0.05, 0.1) is 24.5 Å². The van der Waals surface area contributed by atoms with E-state index in [9.17, 15) is 13.2 Å². The molecule has 0 atom stereocenters. The number of primary amides is 1. The van der Waals surface area contributed by atoms with Crippen LogP contribution in [0.3, 0.4) is 0 Å². The van der Waals surface area contributed by atoms with Gasteiger partial charge < -0.3 is 10.5 Å². The number of thiophene rings is 1. The highest BCUT2D eigenvalue weighted by molar-refractivity contribution is 7.92. The fourth-order valence-corrected chi connectivity index (χ4v) is 4.84. The lowest BCUT2D eigenvalue weighted by atomic mass is 10.1. The van der Waals surface area contributed by atoms with Gasteiger partial charge in [-0.05, 0) is 18.4 Å². The van der Waals surface area contributed by atoms with Crippen molar-refractivity contribution in [1.29, 1.82) is 0 Å². The molecular formula is C12H18N2O4S2. The van der Waals surface area contributed by atoms with Crippen LogP contribution in [-0.2, 0) is 27.8 Å². The van der Waals surface area contributed by atoms with Gasteiger partial charge in [0.15, 0.2) is 0 Å². The van der Waals surface area contributed by atoms with E-state index in [-0.39, 0.29) is 5.75 Å². The number of nitrogens with one attached hydrogen (secondary N) is 1. The maximum Gasteiger partial charge on any atom is 0.252 e. The zero-order valence-corrected chi connectivity index (χ0v) is 12.9. The molecule has 0 aliphatic carbocycles. The predicted molar refractivity (Wildman–Crippen MR) is 78.5 cm³/mol. The van der Waals surface area contributed by atoms with Gasteiger partial charge in [-0.2, -0.15) is 0 Å². The van der Waals surface area contributed by atoms with Crippen LogP contribution in [0.25, 0.3) is 0 Å². The Labute approximate surface area is 122 Å². The highest BCUT2D eigenvalue weighted by Crippen LogP contribution is 2.36. The molecule has 2 rings (SSSR count). The average molecular weight is 318 g/mol. The minimum Gasteiger partial charge on any atom is -0.376 e. The molecule has 8 heteroatoms. The number of hydrogen-bond acceptors (Lipinski definition) is 5. The molecule has 0 aromatic carbocycles. The molecule has 0 saturated heterocycles. The van der Waals surface area contributed by atoms with E-state index in [2.05, 4.69) is 4.72 Å². The second-order valence-corrected chi connectivity index (χ2v) is 7.60. The third-order valence-corrected chi connectivity index (χ3v) is 5.67. The van der Waals surface area contributed by atoms with Gasteiger partial charge in [-0.15, -0.1) is 11.3 Å². The summed E-state index contributed by atoms with van der Waals surface area (Å²) in [6.45, 7) is 2.84. The maximum absolute atomic E-state index is 12.0. The highest BCUT2D eigenvalue weighted by Gasteiger charge is 2.26. The third kappa shape index (κ3) is 3.31. The Morgan fingerprint density at radius 1 is 1.50 bits per heavy atom. The van der Waals surface area contributed by atoms with Gasteiger partial charge in [-0.3, -0.25) is 9.52 Å². The average Bonchev–Trinajstić information content (AvgIpc) is 2.73. The number of amides is 1. The summed E-state index contributed by atoms with van der Waals surface area (Å²) in [7, 11) is -3.44. The van der Waals surface area contributed by atoms with E-state index < -0.39 is 15.9 Å². The van der Waals surface area contributed by atoms with Crippen molar-refractivity contribution in [2.24, 2.45) is 5.73 Å². The van der Waals surface area contributed by atoms with Gasteiger partial charge in [-0.25, -0.2) is 8.42 Å². The zero-order valence-electron chi connectivity index (χ0n) is 11.3. The van der Waals surface area contributed by atoms with Crippen LogP contribution in [0.15, 0.2) is 0 Å². The van der Waals surface area contributed by atoms with Crippen LogP contribution in [0.2, 0.25) is 0 Å². The number of unbranched alkanes of at least 4 members (excludes halogenated alkanes) is 1. The molecule has 1 aromatic rings. The number of sulfonamides is 1. The van der Waals surface area contributed by atoms with Crippen molar-refractivity contribution in [3.63, 3.8) is 0 Å². The van der Waals surface area contributed by atoms with Crippen LogP contribution < -0.4 is 10.5 Å². The third-order valence-electron chi connectivity index (χ3n) is 3.08. The first-order valence-electron chi connectivity index (χ1n) is 6.47. The van der Waals surface area contributed by atoms with E-state index in [1.165, 1.54) is 11.3 Å². The molecule has 0 unspecified atom stereocenters. The Balaban J connectivity index is 2.32. The number of ether oxygens (including phenoxy) is 1. The molecule has 0 bridgehead atoms. The largest absolute Gasteiger partial charge is 0.376 e. The summed E-state index contributed by atoms with van der Waals surface area (Å²) >= 11 is 1.23. The summed E-state index contributed by atoms with van der Waals surface area (Å²) in [5, 5.41) is 0.323. The zero-order chi connectivity index (χ0) is 14.8. The lowest BCUT2D eigenvalue weighted by Crippen LogP contribution is -2.21. The monoisotopic (exact) mass is 318 g/mol. The second kappa shape index (κ2) is 6.11. The Morgan fingerprint density at radius 2 is 2.25 bits per heavy atom. The molecule has 3 N–H and O–H groups in total. The smallest absolute Gasteiger partial charge is 0.252 e. The molecule has 1 aliphatic heterocycles. The van der Waals surface area contributed by atoms with Crippen LogP contribution in [-0.4, -0.2) is 26.7 Å². The molecule has 1 aromatic heterocycles. The first-order chi connectivity index (χ1) is 9.44. The van der Waals surface area contributed by atoms with Crippen molar-refractivity contribution in [1.82, 2.24) is 0 Å². The normalized spacial score (nSPS) is 14.8. The van der Waals surface area contributed by atoms with E-state index in [4.69, 9.17) is 10.5 Å². The Hall–Kier alpha value is -1.12. The fourth-order valence-electron chi connectivity index (χ4n) is 2.09. The summed E-state index contributed by atoms with van der Waals surface area (Å²) < 4.78 is 31.7. The molecule has 20 heavy (non-hydrogen) atoms. The quantitative estimate of drug-likeness (QED) is 0.829. The van der Waals surface area contributed by atoms with Crippen molar-refractivity contribution >= 4 is 32.3 Å². The summed E-state index contributed by atoms with van der Waals surface area (Å²) in [5.41, 5.74) is 6.51. The molecule has 6 nitrogen and oxygen atoms in total. The van der Waals surface area contributed by atoms with Gasteiger partial charge in [-0.1, -0.05) is 13.3 Å². The minimum absolute atomic E-state index is 0.0424. The predicted octanol–water partition coefficient (Wildman–Crippen LogP) is 1.46. The first-order valence-corrected chi connectivity index (χ1v) is 8.94. The van der Waals surface area contributed by atoms with E-state index in [1.807, 2.05) is 6.92 Å². The van der Waals surface area contributed by atoms with Gasteiger partial charge in [0, 0.05) is 4.88 Å². The highest BCUT2D eigenvalue weighted by atomic mass is 32.2. The molecule has 0 radical (unpaired) electrons. The standard InChI is InChI=1S/C12H18N2O4S2/c1-2-3-6-20(16,17)14-12-10(11(13)15)8-4-5-18-7-9(8)19-12/h14H,2-7H2,1H3,(H2,13,15). The van der Waals surface area contributed by atoms with Crippen molar-refractivity contribution in [3.8, 4) is 0 Å². The van der Waals surface area contributed by atoms with Crippen molar-refractivity contribution in [2.45, 2.75) is 32.8 Å². The van der Waals surface area contributed by atoms with Gasteiger partial charge in [0.25, 0.3) is 5.91 Å². The molecule has 1 amide bonds. The van der Waals surface area contributed by atoms with E-state index in [1.54, 1.807) is 0 Å². The maximum atomic E-state index is 12.0. The fraction of sp³-hybridized carbons (Fsp3) is 0.583.